The average molecular weight is 411 g/mol. The minimum Gasteiger partial charge on any atom is -0.478 e. The van der Waals surface area contributed by atoms with Crippen LogP contribution < -0.4 is 0 Å². The highest BCUT2D eigenvalue weighted by atomic mass is 16.5. The minimum atomic E-state index is -0.899. The van der Waals surface area contributed by atoms with Gasteiger partial charge in [0.1, 0.15) is 0 Å². The molecule has 4 nitrogen and oxygen atoms in total. The first kappa shape index (κ1) is 21.3. The third kappa shape index (κ3) is 5.22. The quantitative estimate of drug-likeness (QED) is 0.558. The standard InChI is InChI=1S/C26H34O4/c27-21(17-19-6-2-1-3-7-19)12-13-23-22(24-14-15-25(23)30-24)11-5-9-18-8-4-10-20(16-18)26(28)29/h4-5,8-10,12-13,16,19,21-25,27H,1-3,6-7,11,14-15,17H2,(H,28,29)/b9-5+,13-12?/t21?,22-,23+,24-,25+/m1/s1. The Kier molecular flexibility index (Phi) is 7.06. The highest BCUT2D eigenvalue weighted by Crippen LogP contribution is 2.46. The van der Waals surface area contributed by atoms with E-state index < -0.39 is 5.97 Å². The average Bonchev–Trinajstić information content (AvgIpc) is 3.35. The lowest BCUT2D eigenvalue weighted by Gasteiger charge is -2.26. The van der Waals surface area contributed by atoms with Gasteiger partial charge in [0.2, 0.25) is 0 Å². The summed E-state index contributed by atoms with van der Waals surface area (Å²) in [5.74, 6) is 0.569. The van der Waals surface area contributed by atoms with Gasteiger partial charge in [0.05, 0.1) is 23.9 Å². The number of carbonyl (C=O) groups is 1. The predicted molar refractivity (Wildman–Crippen MR) is 118 cm³/mol. The van der Waals surface area contributed by atoms with Crippen molar-refractivity contribution in [1.82, 2.24) is 0 Å². The number of carboxylic acid groups (broad SMARTS) is 1. The third-order valence-corrected chi connectivity index (χ3v) is 7.19. The molecule has 4 heteroatoms. The lowest BCUT2D eigenvalue weighted by molar-refractivity contribution is 0.0696. The van der Waals surface area contributed by atoms with Crippen molar-refractivity contribution in [3.63, 3.8) is 0 Å². The maximum atomic E-state index is 11.1. The smallest absolute Gasteiger partial charge is 0.335 e. The molecule has 3 fully saturated rings. The molecular weight excluding hydrogens is 376 g/mol. The van der Waals surface area contributed by atoms with Crippen LogP contribution in [-0.2, 0) is 4.74 Å². The van der Waals surface area contributed by atoms with Crippen LogP contribution in [0.3, 0.4) is 0 Å². The van der Waals surface area contributed by atoms with Gasteiger partial charge in [-0.3, -0.25) is 0 Å². The summed E-state index contributed by atoms with van der Waals surface area (Å²) in [4.78, 5) is 11.1. The van der Waals surface area contributed by atoms with Gasteiger partial charge in [-0.05, 0) is 55.2 Å². The number of aliphatic hydroxyl groups excluding tert-OH is 1. The predicted octanol–water partition coefficient (Wildman–Crippen LogP) is 5.47. The largest absolute Gasteiger partial charge is 0.478 e. The molecule has 30 heavy (non-hydrogen) atoms. The summed E-state index contributed by atoms with van der Waals surface area (Å²) in [5.41, 5.74) is 1.22. The first-order valence-electron chi connectivity index (χ1n) is 11.6. The molecule has 5 atom stereocenters. The number of aliphatic hydroxyl groups is 1. The van der Waals surface area contributed by atoms with Crippen molar-refractivity contribution in [2.45, 2.75) is 76.1 Å². The summed E-state index contributed by atoms with van der Waals surface area (Å²) in [6.45, 7) is 0. The van der Waals surface area contributed by atoms with Crippen LogP contribution in [0, 0.1) is 17.8 Å². The zero-order chi connectivity index (χ0) is 20.9. The fraction of sp³-hybridized carbons (Fsp3) is 0.577. The highest BCUT2D eigenvalue weighted by Gasteiger charge is 2.46. The molecule has 2 saturated heterocycles. The second-order valence-corrected chi connectivity index (χ2v) is 9.29. The second-order valence-electron chi connectivity index (χ2n) is 9.29. The van der Waals surface area contributed by atoms with Gasteiger partial charge in [-0.15, -0.1) is 0 Å². The Balaban J connectivity index is 1.35. The Morgan fingerprint density at radius 3 is 2.73 bits per heavy atom. The van der Waals surface area contributed by atoms with Gasteiger partial charge in [0, 0.05) is 5.92 Å². The number of benzene rings is 1. The van der Waals surface area contributed by atoms with Gasteiger partial charge in [-0.25, -0.2) is 4.79 Å². The fourth-order valence-electron chi connectivity index (χ4n) is 5.62. The van der Waals surface area contributed by atoms with Crippen LogP contribution in [-0.4, -0.2) is 34.5 Å². The van der Waals surface area contributed by atoms with Gasteiger partial charge in [-0.1, -0.05) is 68.5 Å². The minimum absolute atomic E-state index is 0.280. The first-order valence-corrected chi connectivity index (χ1v) is 11.6. The number of allylic oxidation sites excluding steroid dienone is 1. The van der Waals surface area contributed by atoms with Gasteiger partial charge >= 0.3 is 5.97 Å². The topological polar surface area (TPSA) is 66.8 Å². The van der Waals surface area contributed by atoms with Crippen LogP contribution in [0.4, 0.5) is 0 Å². The number of hydrogen-bond acceptors (Lipinski definition) is 3. The number of fused-ring (bicyclic) bond motifs is 2. The van der Waals surface area contributed by atoms with E-state index in [1.165, 1.54) is 32.1 Å². The van der Waals surface area contributed by atoms with E-state index in [4.69, 9.17) is 9.84 Å². The molecule has 0 amide bonds. The van der Waals surface area contributed by atoms with Crippen molar-refractivity contribution in [3.05, 3.63) is 53.6 Å². The van der Waals surface area contributed by atoms with Crippen LogP contribution in [0.5, 0.6) is 0 Å². The van der Waals surface area contributed by atoms with Crippen molar-refractivity contribution >= 4 is 12.0 Å². The zero-order valence-electron chi connectivity index (χ0n) is 17.7. The maximum Gasteiger partial charge on any atom is 0.335 e. The fourth-order valence-corrected chi connectivity index (χ4v) is 5.62. The van der Waals surface area contributed by atoms with E-state index in [1.54, 1.807) is 18.2 Å². The van der Waals surface area contributed by atoms with E-state index in [0.29, 0.717) is 29.4 Å². The lowest BCUT2D eigenvalue weighted by atomic mass is 9.77. The number of ether oxygens (including phenoxy) is 1. The molecule has 3 aliphatic rings. The molecule has 1 aromatic rings. The second kappa shape index (κ2) is 9.93. The Bertz CT molecular complexity index is 777. The van der Waals surface area contributed by atoms with E-state index >= 15 is 0 Å². The number of carboxylic acids is 1. The van der Waals surface area contributed by atoms with Crippen LogP contribution in [0.15, 0.2) is 42.5 Å². The summed E-state index contributed by atoms with van der Waals surface area (Å²) in [6.07, 6.45) is 19.2. The molecule has 1 aliphatic carbocycles. The molecule has 2 bridgehead atoms. The van der Waals surface area contributed by atoms with Crippen LogP contribution >= 0.6 is 0 Å². The van der Waals surface area contributed by atoms with Crippen LogP contribution in [0.2, 0.25) is 0 Å². The number of hydrogen-bond donors (Lipinski definition) is 2. The molecule has 0 spiro atoms. The third-order valence-electron chi connectivity index (χ3n) is 7.19. The highest BCUT2D eigenvalue weighted by molar-refractivity contribution is 5.88. The summed E-state index contributed by atoms with van der Waals surface area (Å²) in [5, 5.41) is 19.7. The molecule has 4 rings (SSSR count). The summed E-state index contributed by atoms with van der Waals surface area (Å²) >= 11 is 0. The van der Waals surface area contributed by atoms with Crippen molar-refractivity contribution in [3.8, 4) is 0 Å². The lowest BCUT2D eigenvalue weighted by Crippen LogP contribution is -2.25. The molecule has 0 aromatic heterocycles. The molecule has 2 N–H and O–H groups in total. The molecule has 0 radical (unpaired) electrons. The van der Waals surface area contributed by atoms with E-state index in [1.807, 2.05) is 18.2 Å². The molecule has 162 valence electrons. The van der Waals surface area contributed by atoms with Gasteiger partial charge in [0.25, 0.3) is 0 Å². The van der Waals surface area contributed by atoms with Crippen LogP contribution in [0.1, 0.15) is 73.7 Å². The van der Waals surface area contributed by atoms with E-state index in [9.17, 15) is 9.90 Å². The summed E-state index contributed by atoms with van der Waals surface area (Å²) in [6, 6.07) is 7.03. The first-order chi connectivity index (χ1) is 14.6. The van der Waals surface area contributed by atoms with Crippen molar-refractivity contribution in [2.75, 3.05) is 0 Å². The van der Waals surface area contributed by atoms with E-state index in [0.717, 1.165) is 31.2 Å². The molecule has 2 heterocycles. The SMILES string of the molecule is O=C(O)c1cccc(/C=C/C[C@@H]2[C@H](C=CC(O)CC3CCCCC3)[C@@H]3CC[C@H]2O3)c1. The van der Waals surface area contributed by atoms with Crippen LogP contribution in [0.25, 0.3) is 6.08 Å². The Morgan fingerprint density at radius 1 is 1.13 bits per heavy atom. The van der Waals surface area contributed by atoms with Gasteiger partial charge in [0.15, 0.2) is 0 Å². The molecule has 2 aliphatic heterocycles. The van der Waals surface area contributed by atoms with E-state index in [-0.39, 0.29) is 12.2 Å². The number of rotatable bonds is 8. The maximum absolute atomic E-state index is 11.1. The molecule has 1 unspecified atom stereocenters. The van der Waals surface area contributed by atoms with E-state index in [2.05, 4.69) is 12.2 Å². The molecular formula is C26H34O4. The van der Waals surface area contributed by atoms with Crippen molar-refractivity contribution in [2.24, 2.45) is 17.8 Å². The Hall–Kier alpha value is -1.91. The number of aromatic carboxylic acids is 1. The Morgan fingerprint density at radius 2 is 1.93 bits per heavy atom. The summed E-state index contributed by atoms with van der Waals surface area (Å²) < 4.78 is 6.19. The molecule has 1 saturated carbocycles. The van der Waals surface area contributed by atoms with Gasteiger partial charge in [-0.2, -0.15) is 0 Å². The monoisotopic (exact) mass is 410 g/mol. The van der Waals surface area contributed by atoms with Gasteiger partial charge < -0.3 is 14.9 Å². The normalized spacial score (nSPS) is 30.4. The zero-order valence-corrected chi connectivity index (χ0v) is 17.7. The van der Waals surface area contributed by atoms with Crippen molar-refractivity contribution < 1.29 is 19.7 Å². The van der Waals surface area contributed by atoms with Crippen molar-refractivity contribution in [1.29, 1.82) is 0 Å². The molecule has 1 aromatic carbocycles. The summed E-state index contributed by atoms with van der Waals surface area (Å²) in [7, 11) is 0. The Labute approximate surface area is 179 Å².